The monoisotopic (exact) mass is 301 g/mol. The number of piperidine rings is 1. The number of nitriles is 1. The predicted octanol–water partition coefficient (Wildman–Crippen LogP) is 2.87. The molecule has 22 heavy (non-hydrogen) atoms. The topological polar surface area (TPSA) is 76.4 Å². The van der Waals surface area contributed by atoms with Gasteiger partial charge in [-0.3, -0.25) is 0 Å². The molecular weight excluding hydrogens is 278 g/mol. The highest BCUT2D eigenvalue weighted by molar-refractivity contribution is 5.89. The molecule has 2 rings (SSSR count). The van der Waals surface area contributed by atoms with E-state index in [4.69, 9.17) is 5.26 Å². The van der Waals surface area contributed by atoms with Crippen LogP contribution in [0.2, 0.25) is 0 Å². The fourth-order valence-corrected chi connectivity index (χ4v) is 2.69. The van der Waals surface area contributed by atoms with E-state index in [0.717, 1.165) is 24.8 Å². The molecule has 1 aliphatic heterocycles. The van der Waals surface area contributed by atoms with Crippen molar-refractivity contribution >= 4 is 11.7 Å². The number of aliphatic hydroxyl groups is 1. The molecule has 1 aromatic carbocycles. The van der Waals surface area contributed by atoms with E-state index in [1.807, 2.05) is 38.1 Å². The number of amides is 2. The standard InChI is InChI=1S/C17H23N3O2/c1-17(2,12-18)13-6-8-14(9-7-13)19-16(22)20-10-4-3-5-15(20)11-21/h6-9,15,21H,3-5,10-11H2,1-2H3,(H,19,22). The van der Waals surface area contributed by atoms with Gasteiger partial charge in [-0.25, -0.2) is 4.79 Å². The molecular formula is C17H23N3O2. The minimum absolute atomic E-state index is 0.00270. The Morgan fingerprint density at radius 2 is 2.09 bits per heavy atom. The Balaban J connectivity index is 2.04. The normalized spacial score (nSPS) is 18.6. The highest BCUT2D eigenvalue weighted by Gasteiger charge is 2.26. The second-order valence-corrected chi connectivity index (χ2v) is 6.27. The average Bonchev–Trinajstić information content (AvgIpc) is 2.55. The molecule has 0 aromatic heterocycles. The lowest BCUT2D eigenvalue weighted by Gasteiger charge is -2.34. The van der Waals surface area contributed by atoms with Crippen LogP contribution >= 0.6 is 0 Å². The van der Waals surface area contributed by atoms with Crippen molar-refractivity contribution in [2.24, 2.45) is 0 Å². The highest BCUT2D eigenvalue weighted by Crippen LogP contribution is 2.24. The van der Waals surface area contributed by atoms with Crippen LogP contribution in [0.3, 0.4) is 0 Å². The zero-order valence-electron chi connectivity index (χ0n) is 13.2. The molecule has 0 bridgehead atoms. The largest absolute Gasteiger partial charge is 0.394 e. The SMILES string of the molecule is CC(C)(C#N)c1ccc(NC(=O)N2CCCCC2CO)cc1. The fourth-order valence-electron chi connectivity index (χ4n) is 2.69. The number of nitrogens with one attached hydrogen (secondary N) is 1. The maximum absolute atomic E-state index is 12.3. The number of nitrogens with zero attached hydrogens (tertiary/aromatic N) is 2. The van der Waals surface area contributed by atoms with Crippen molar-refractivity contribution in [1.82, 2.24) is 4.90 Å². The van der Waals surface area contributed by atoms with E-state index >= 15 is 0 Å². The van der Waals surface area contributed by atoms with Gasteiger partial charge in [-0.2, -0.15) is 5.26 Å². The number of hydrogen-bond donors (Lipinski definition) is 2. The van der Waals surface area contributed by atoms with Gasteiger partial charge < -0.3 is 15.3 Å². The van der Waals surface area contributed by atoms with Crippen molar-refractivity contribution in [2.75, 3.05) is 18.5 Å². The second kappa shape index (κ2) is 6.80. The number of carbonyl (C=O) groups excluding carboxylic acids is 1. The Bertz CT molecular complexity index is 560. The summed E-state index contributed by atoms with van der Waals surface area (Å²) in [7, 11) is 0. The van der Waals surface area contributed by atoms with Gasteiger partial charge in [-0.15, -0.1) is 0 Å². The zero-order chi connectivity index (χ0) is 16.2. The molecule has 1 fully saturated rings. The van der Waals surface area contributed by atoms with Crippen LogP contribution < -0.4 is 5.32 Å². The summed E-state index contributed by atoms with van der Waals surface area (Å²) < 4.78 is 0. The van der Waals surface area contributed by atoms with Crippen molar-refractivity contribution in [1.29, 1.82) is 5.26 Å². The van der Waals surface area contributed by atoms with E-state index < -0.39 is 5.41 Å². The molecule has 1 aromatic rings. The van der Waals surface area contributed by atoms with Gasteiger partial charge in [0, 0.05) is 12.2 Å². The van der Waals surface area contributed by atoms with E-state index in [1.54, 1.807) is 4.90 Å². The summed E-state index contributed by atoms with van der Waals surface area (Å²) in [5.41, 5.74) is 1.07. The summed E-state index contributed by atoms with van der Waals surface area (Å²) in [6, 6.07) is 9.33. The average molecular weight is 301 g/mol. The van der Waals surface area contributed by atoms with Crippen LogP contribution in [0.4, 0.5) is 10.5 Å². The van der Waals surface area contributed by atoms with E-state index in [9.17, 15) is 9.90 Å². The number of benzene rings is 1. The van der Waals surface area contributed by atoms with Gasteiger partial charge in [-0.1, -0.05) is 12.1 Å². The molecule has 2 amide bonds. The zero-order valence-corrected chi connectivity index (χ0v) is 13.2. The summed E-state index contributed by atoms with van der Waals surface area (Å²) in [6.45, 7) is 4.40. The molecule has 0 aliphatic carbocycles. The van der Waals surface area contributed by atoms with Crippen LogP contribution in [-0.4, -0.2) is 35.2 Å². The van der Waals surface area contributed by atoms with E-state index in [0.29, 0.717) is 12.2 Å². The number of carbonyl (C=O) groups is 1. The lowest BCUT2D eigenvalue weighted by Crippen LogP contribution is -2.47. The van der Waals surface area contributed by atoms with Gasteiger partial charge in [0.15, 0.2) is 0 Å². The molecule has 1 heterocycles. The third-order valence-corrected chi connectivity index (χ3v) is 4.24. The van der Waals surface area contributed by atoms with Gasteiger partial charge in [-0.05, 0) is 50.8 Å². The molecule has 1 aliphatic rings. The van der Waals surface area contributed by atoms with Crippen molar-refractivity contribution in [3.63, 3.8) is 0 Å². The molecule has 0 spiro atoms. The predicted molar refractivity (Wildman–Crippen MR) is 85.5 cm³/mol. The van der Waals surface area contributed by atoms with Crippen LogP contribution in [0, 0.1) is 11.3 Å². The third kappa shape index (κ3) is 3.58. The number of hydrogen-bond acceptors (Lipinski definition) is 3. The minimum Gasteiger partial charge on any atom is -0.394 e. The number of anilines is 1. The number of urea groups is 1. The smallest absolute Gasteiger partial charge is 0.322 e. The Kier molecular flexibility index (Phi) is 5.04. The van der Waals surface area contributed by atoms with Crippen LogP contribution in [-0.2, 0) is 5.41 Å². The van der Waals surface area contributed by atoms with Crippen LogP contribution in [0.15, 0.2) is 24.3 Å². The van der Waals surface area contributed by atoms with Crippen LogP contribution in [0.5, 0.6) is 0 Å². The maximum Gasteiger partial charge on any atom is 0.322 e. The van der Waals surface area contributed by atoms with Crippen molar-refractivity contribution < 1.29 is 9.90 Å². The lowest BCUT2D eigenvalue weighted by molar-refractivity contribution is 0.115. The summed E-state index contributed by atoms with van der Waals surface area (Å²) in [4.78, 5) is 14.0. The Labute approximate surface area is 131 Å². The van der Waals surface area contributed by atoms with Crippen molar-refractivity contribution in [2.45, 2.75) is 44.6 Å². The summed E-state index contributed by atoms with van der Waals surface area (Å²) in [5.74, 6) is 0. The van der Waals surface area contributed by atoms with Gasteiger partial charge in [0.1, 0.15) is 0 Å². The first-order valence-corrected chi connectivity index (χ1v) is 7.68. The third-order valence-electron chi connectivity index (χ3n) is 4.24. The van der Waals surface area contributed by atoms with Gasteiger partial charge in [0.05, 0.1) is 24.1 Å². The fraction of sp³-hybridized carbons (Fsp3) is 0.529. The van der Waals surface area contributed by atoms with E-state index in [2.05, 4.69) is 11.4 Å². The van der Waals surface area contributed by atoms with Gasteiger partial charge in [0.2, 0.25) is 0 Å². The summed E-state index contributed by atoms with van der Waals surface area (Å²) in [6.07, 6.45) is 2.87. The quantitative estimate of drug-likeness (QED) is 0.901. The van der Waals surface area contributed by atoms with Crippen molar-refractivity contribution in [3.05, 3.63) is 29.8 Å². The molecule has 5 heteroatoms. The van der Waals surface area contributed by atoms with Crippen LogP contribution in [0.25, 0.3) is 0 Å². The number of rotatable bonds is 3. The molecule has 2 N–H and O–H groups in total. The van der Waals surface area contributed by atoms with Crippen molar-refractivity contribution in [3.8, 4) is 6.07 Å². The highest BCUT2D eigenvalue weighted by atomic mass is 16.3. The Hall–Kier alpha value is -2.06. The Morgan fingerprint density at radius 1 is 1.41 bits per heavy atom. The summed E-state index contributed by atoms with van der Waals surface area (Å²) >= 11 is 0. The first-order chi connectivity index (χ1) is 10.5. The van der Waals surface area contributed by atoms with E-state index in [1.165, 1.54) is 0 Å². The van der Waals surface area contributed by atoms with Crippen LogP contribution in [0.1, 0.15) is 38.7 Å². The minimum atomic E-state index is -0.544. The molecule has 118 valence electrons. The molecule has 0 saturated carbocycles. The maximum atomic E-state index is 12.3. The second-order valence-electron chi connectivity index (χ2n) is 6.27. The molecule has 0 radical (unpaired) electrons. The Morgan fingerprint density at radius 3 is 2.68 bits per heavy atom. The molecule has 1 unspecified atom stereocenters. The number of likely N-dealkylation sites (tertiary alicyclic amines) is 1. The number of aliphatic hydroxyl groups excluding tert-OH is 1. The molecule has 5 nitrogen and oxygen atoms in total. The molecule has 1 saturated heterocycles. The van der Waals surface area contributed by atoms with Gasteiger partial charge in [0.25, 0.3) is 0 Å². The summed E-state index contributed by atoms with van der Waals surface area (Å²) in [5, 5.41) is 21.4. The van der Waals surface area contributed by atoms with E-state index in [-0.39, 0.29) is 18.7 Å². The van der Waals surface area contributed by atoms with Gasteiger partial charge >= 0.3 is 6.03 Å². The first-order valence-electron chi connectivity index (χ1n) is 7.68. The molecule has 1 atom stereocenters. The first kappa shape index (κ1) is 16.3. The lowest BCUT2D eigenvalue weighted by atomic mass is 9.86.